The number of aliphatic hydroxyl groups is 1. The van der Waals surface area contributed by atoms with Gasteiger partial charge in [-0.3, -0.25) is 4.79 Å². The number of likely N-dealkylation sites (N-methyl/N-ethyl adjacent to an activating group) is 1. The van der Waals surface area contributed by atoms with Gasteiger partial charge in [-0.2, -0.15) is 0 Å². The zero-order valence-corrected chi connectivity index (χ0v) is 12.6. The van der Waals surface area contributed by atoms with E-state index in [1.165, 1.54) is 0 Å². The first-order valence-electron chi connectivity index (χ1n) is 7.21. The molecule has 1 rings (SSSR count). The first-order valence-corrected chi connectivity index (χ1v) is 7.21. The molecule has 0 bridgehead atoms. The second kappa shape index (κ2) is 8.59. The summed E-state index contributed by atoms with van der Waals surface area (Å²) < 4.78 is 5.62. The highest BCUT2D eigenvalue weighted by Crippen LogP contribution is 2.14. The van der Waals surface area contributed by atoms with E-state index in [0.29, 0.717) is 31.2 Å². The van der Waals surface area contributed by atoms with Crippen LogP contribution in [0.5, 0.6) is 5.75 Å². The van der Waals surface area contributed by atoms with Crippen LogP contribution < -0.4 is 4.74 Å². The smallest absolute Gasteiger partial charge is 0.253 e. The van der Waals surface area contributed by atoms with E-state index < -0.39 is 0 Å². The Balaban J connectivity index is 2.59. The van der Waals surface area contributed by atoms with Gasteiger partial charge in [0, 0.05) is 18.7 Å². The Kier molecular flexibility index (Phi) is 7.09. The summed E-state index contributed by atoms with van der Waals surface area (Å²) in [6.45, 7) is 7.84. The van der Waals surface area contributed by atoms with E-state index >= 15 is 0 Å². The number of ether oxygens (including phenoxy) is 1. The second-order valence-corrected chi connectivity index (χ2v) is 5.16. The van der Waals surface area contributed by atoms with Crippen LogP contribution in [0.4, 0.5) is 0 Å². The third-order valence-electron chi connectivity index (χ3n) is 3.10. The molecular formula is C16H25NO3. The number of carbonyl (C=O) groups excluding carboxylic acids is 1. The number of aliphatic hydroxyl groups excluding tert-OH is 1. The Labute approximate surface area is 121 Å². The molecule has 20 heavy (non-hydrogen) atoms. The Morgan fingerprint density at radius 1 is 1.30 bits per heavy atom. The van der Waals surface area contributed by atoms with Gasteiger partial charge in [0.2, 0.25) is 0 Å². The Morgan fingerprint density at radius 3 is 2.45 bits per heavy atom. The second-order valence-electron chi connectivity index (χ2n) is 5.16. The predicted octanol–water partition coefficient (Wildman–Crippen LogP) is 2.57. The number of rotatable bonds is 8. The fourth-order valence-electron chi connectivity index (χ4n) is 1.81. The lowest BCUT2D eigenvalue weighted by molar-refractivity contribution is 0.0732. The molecule has 0 aliphatic carbocycles. The van der Waals surface area contributed by atoms with Crippen molar-refractivity contribution in [3.8, 4) is 5.75 Å². The van der Waals surface area contributed by atoms with Crippen molar-refractivity contribution in [2.75, 3.05) is 26.3 Å². The van der Waals surface area contributed by atoms with Gasteiger partial charge in [-0.1, -0.05) is 13.8 Å². The van der Waals surface area contributed by atoms with E-state index in [-0.39, 0.29) is 12.5 Å². The maximum absolute atomic E-state index is 12.2. The zero-order valence-electron chi connectivity index (χ0n) is 12.6. The van der Waals surface area contributed by atoms with Crippen LogP contribution >= 0.6 is 0 Å². The maximum Gasteiger partial charge on any atom is 0.253 e. The van der Waals surface area contributed by atoms with Crippen LogP contribution in [0.25, 0.3) is 0 Å². The molecule has 0 aliphatic heterocycles. The van der Waals surface area contributed by atoms with Gasteiger partial charge >= 0.3 is 0 Å². The molecule has 1 aromatic carbocycles. The van der Waals surface area contributed by atoms with Crippen molar-refractivity contribution in [2.45, 2.75) is 27.2 Å². The number of benzene rings is 1. The number of amides is 1. The molecule has 0 unspecified atom stereocenters. The van der Waals surface area contributed by atoms with Crippen molar-refractivity contribution in [3.63, 3.8) is 0 Å². The quantitative estimate of drug-likeness (QED) is 0.795. The van der Waals surface area contributed by atoms with E-state index in [9.17, 15) is 4.79 Å². The fourth-order valence-corrected chi connectivity index (χ4v) is 1.81. The van der Waals surface area contributed by atoms with E-state index in [1.54, 1.807) is 17.0 Å². The topological polar surface area (TPSA) is 49.8 Å². The summed E-state index contributed by atoms with van der Waals surface area (Å²) in [6, 6.07) is 7.18. The van der Waals surface area contributed by atoms with Gasteiger partial charge in [-0.25, -0.2) is 0 Å². The van der Waals surface area contributed by atoms with Crippen LogP contribution in [-0.4, -0.2) is 42.2 Å². The molecule has 0 atom stereocenters. The molecule has 1 N–H and O–H groups in total. The lowest BCUT2D eigenvalue weighted by Gasteiger charge is -2.19. The monoisotopic (exact) mass is 279 g/mol. The van der Waals surface area contributed by atoms with Crippen LogP contribution in [0, 0.1) is 5.92 Å². The van der Waals surface area contributed by atoms with E-state index in [0.717, 1.165) is 12.2 Å². The first-order chi connectivity index (χ1) is 9.58. The van der Waals surface area contributed by atoms with Gasteiger partial charge in [0.25, 0.3) is 5.91 Å². The standard InChI is InChI=1S/C16H25NO3/c1-4-17(10-11-18)16(19)14-5-7-15(8-6-14)20-12-9-13(2)3/h5-8,13,18H,4,9-12H2,1-3H3. The van der Waals surface area contributed by atoms with E-state index in [4.69, 9.17) is 9.84 Å². The third-order valence-corrected chi connectivity index (χ3v) is 3.10. The van der Waals surface area contributed by atoms with E-state index in [1.807, 2.05) is 19.1 Å². The maximum atomic E-state index is 12.2. The molecule has 0 radical (unpaired) electrons. The minimum Gasteiger partial charge on any atom is -0.494 e. The minimum atomic E-state index is -0.0599. The minimum absolute atomic E-state index is 0.0179. The molecule has 1 amide bonds. The highest BCUT2D eigenvalue weighted by atomic mass is 16.5. The van der Waals surface area contributed by atoms with Crippen molar-refractivity contribution < 1.29 is 14.6 Å². The Hall–Kier alpha value is -1.55. The molecule has 4 nitrogen and oxygen atoms in total. The van der Waals surface area contributed by atoms with Crippen molar-refractivity contribution in [1.82, 2.24) is 4.90 Å². The SMILES string of the molecule is CCN(CCO)C(=O)c1ccc(OCCC(C)C)cc1. The van der Waals surface area contributed by atoms with Crippen molar-refractivity contribution in [3.05, 3.63) is 29.8 Å². The number of hydrogen-bond acceptors (Lipinski definition) is 3. The lowest BCUT2D eigenvalue weighted by Crippen LogP contribution is -2.33. The zero-order chi connectivity index (χ0) is 15.0. The number of nitrogens with zero attached hydrogens (tertiary/aromatic N) is 1. The molecule has 0 saturated heterocycles. The molecule has 0 saturated carbocycles. The van der Waals surface area contributed by atoms with Gasteiger partial charge in [0.1, 0.15) is 5.75 Å². The summed E-state index contributed by atoms with van der Waals surface area (Å²) in [5.74, 6) is 1.34. The molecular weight excluding hydrogens is 254 g/mol. The third kappa shape index (κ3) is 5.21. The van der Waals surface area contributed by atoms with Crippen LogP contribution in [0.2, 0.25) is 0 Å². The Bertz CT molecular complexity index is 401. The van der Waals surface area contributed by atoms with Crippen molar-refractivity contribution in [1.29, 1.82) is 0 Å². The van der Waals surface area contributed by atoms with Crippen molar-refractivity contribution >= 4 is 5.91 Å². The summed E-state index contributed by atoms with van der Waals surface area (Å²) in [4.78, 5) is 13.8. The first kappa shape index (κ1) is 16.5. The highest BCUT2D eigenvalue weighted by Gasteiger charge is 2.13. The van der Waals surface area contributed by atoms with Gasteiger partial charge in [0.05, 0.1) is 13.2 Å². The van der Waals surface area contributed by atoms with E-state index in [2.05, 4.69) is 13.8 Å². The van der Waals surface area contributed by atoms with Crippen molar-refractivity contribution in [2.24, 2.45) is 5.92 Å². The summed E-state index contributed by atoms with van der Waals surface area (Å²) in [7, 11) is 0. The molecule has 1 aromatic rings. The summed E-state index contributed by atoms with van der Waals surface area (Å²) >= 11 is 0. The van der Waals surface area contributed by atoms with Gasteiger partial charge < -0.3 is 14.7 Å². The van der Waals surface area contributed by atoms with Crippen LogP contribution in [0.15, 0.2) is 24.3 Å². The van der Waals surface area contributed by atoms with Crippen LogP contribution in [-0.2, 0) is 0 Å². The molecule has 0 fully saturated rings. The largest absolute Gasteiger partial charge is 0.494 e. The average molecular weight is 279 g/mol. The molecule has 0 spiro atoms. The number of carbonyl (C=O) groups is 1. The van der Waals surface area contributed by atoms with Crippen LogP contribution in [0.3, 0.4) is 0 Å². The molecule has 112 valence electrons. The summed E-state index contributed by atoms with van der Waals surface area (Å²) in [5.41, 5.74) is 0.622. The normalized spacial score (nSPS) is 10.7. The summed E-state index contributed by atoms with van der Waals surface area (Å²) in [5, 5.41) is 8.94. The van der Waals surface area contributed by atoms with Crippen LogP contribution in [0.1, 0.15) is 37.6 Å². The number of hydrogen-bond donors (Lipinski definition) is 1. The average Bonchev–Trinajstić information content (AvgIpc) is 2.44. The molecule has 0 aromatic heterocycles. The fraction of sp³-hybridized carbons (Fsp3) is 0.562. The molecule has 0 aliphatic rings. The lowest BCUT2D eigenvalue weighted by atomic mass is 10.1. The van der Waals surface area contributed by atoms with Gasteiger partial charge in [-0.05, 0) is 43.5 Å². The van der Waals surface area contributed by atoms with Gasteiger partial charge in [-0.15, -0.1) is 0 Å². The molecule has 4 heteroatoms. The van der Waals surface area contributed by atoms with Gasteiger partial charge in [0.15, 0.2) is 0 Å². The summed E-state index contributed by atoms with van der Waals surface area (Å²) in [6.07, 6.45) is 1.01. The molecule has 0 heterocycles. The Morgan fingerprint density at radius 2 is 1.95 bits per heavy atom. The predicted molar refractivity (Wildman–Crippen MR) is 80.1 cm³/mol. The highest BCUT2D eigenvalue weighted by molar-refractivity contribution is 5.94.